The van der Waals surface area contributed by atoms with Crippen LogP contribution in [0, 0.1) is 0 Å². The largest absolute Gasteiger partial charge is 0.490 e. The van der Waals surface area contributed by atoms with Gasteiger partial charge in [-0.25, -0.2) is 0 Å². The summed E-state index contributed by atoms with van der Waals surface area (Å²) in [6.07, 6.45) is 0.534. The SMILES string of the molecule is CCOc1ccc(CCN=C2C(=O)c3ccccc3C(=O)C2NC(C)=O)cc1OCC. The molecule has 1 amide bonds. The lowest BCUT2D eigenvalue weighted by atomic mass is 9.84. The average Bonchev–Trinajstić information content (AvgIpc) is 2.75. The number of carbonyl (C=O) groups excluding carboxylic acids is 3. The van der Waals surface area contributed by atoms with Gasteiger partial charge in [-0.3, -0.25) is 19.4 Å². The normalized spacial score (nSPS) is 16.7. The number of aliphatic imine (C=N–C) groups is 1. The molecule has 31 heavy (non-hydrogen) atoms. The Bertz CT molecular complexity index is 1030. The molecule has 0 radical (unpaired) electrons. The minimum absolute atomic E-state index is 0.0647. The van der Waals surface area contributed by atoms with Crippen LogP contribution in [0.3, 0.4) is 0 Å². The van der Waals surface area contributed by atoms with E-state index in [1.807, 2.05) is 32.0 Å². The summed E-state index contributed by atoms with van der Waals surface area (Å²) in [5.41, 5.74) is 1.64. The fourth-order valence-electron chi connectivity index (χ4n) is 3.50. The molecule has 0 aliphatic heterocycles. The molecule has 0 heterocycles. The highest BCUT2D eigenvalue weighted by atomic mass is 16.5. The summed E-state index contributed by atoms with van der Waals surface area (Å²) in [7, 11) is 0. The first-order chi connectivity index (χ1) is 15.0. The number of carbonyl (C=O) groups is 3. The second kappa shape index (κ2) is 10.0. The summed E-state index contributed by atoms with van der Waals surface area (Å²) in [5, 5.41) is 2.57. The number of hydrogen-bond acceptors (Lipinski definition) is 6. The molecule has 1 aliphatic carbocycles. The number of nitrogens with one attached hydrogen (secondary N) is 1. The number of nitrogens with zero attached hydrogens (tertiary/aromatic N) is 1. The highest BCUT2D eigenvalue weighted by molar-refractivity contribution is 6.55. The van der Waals surface area contributed by atoms with Gasteiger partial charge in [0.15, 0.2) is 17.3 Å². The molecule has 2 aromatic carbocycles. The minimum atomic E-state index is -1.07. The number of ether oxygens (including phenoxy) is 2. The number of ketones is 2. The summed E-state index contributed by atoms with van der Waals surface area (Å²) in [6, 6.07) is 11.2. The van der Waals surface area contributed by atoms with Gasteiger partial charge in [-0.05, 0) is 38.0 Å². The second-order valence-corrected chi connectivity index (χ2v) is 7.04. The zero-order chi connectivity index (χ0) is 22.4. The molecule has 0 fully saturated rings. The van der Waals surface area contributed by atoms with Gasteiger partial charge < -0.3 is 14.8 Å². The Morgan fingerprint density at radius 3 is 2.35 bits per heavy atom. The monoisotopic (exact) mass is 422 g/mol. The molecule has 1 unspecified atom stereocenters. The summed E-state index contributed by atoms with van der Waals surface area (Å²) in [5.74, 6) is 0.267. The highest BCUT2D eigenvalue weighted by Gasteiger charge is 2.38. The lowest BCUT2D eigenvalue weighted by Gasteiger charge is -2.24. The fraction of sp³-hybridized carbons (Fsp3) is 0.333. The fourth-order valence-corrected chi connectivity index (χ4v) is 3.50. The Morgan fingerprint density at radius 2 is 1.68 bits per heavy atom. The van der Waals surface area contributed by atoms with Crippen molar-refractivity contribution in [3.63, 3.8) is 0 Å². The van der Waals surface area contributed by atoms with Crippen LogP contribution in [0.25, 0.3) is 0 Å². The van der Waals surface area contributed by atoms with Crippen molar-refractivity contribution in [2.45, 2.75) is 33.2 Å². The van der Waals surface area contributed by atoms with Crippen LogP contribution in [0.4, 0.5) is 0 Å². The predicted molar refractivity (Wildman–Crippen MR) is 117 cm³/mol. The number of amides is 1. The van der Waals surface area contributed by atoms with E-state index < -0.39 is 11.9 Å². The first-order valence-electron chi connectivity index (χ1n) is 10.3. The summed E-state index contributed by atoms with van der Waals surface area (Å²) >= 11 is 0. The molecule has 7 nitrogen and oxygen atoms in total. The summed E-state index contributed by atoms with van der Waals surface area (Å²) in [4.78, 5) is 41.9. The molecular formula is C24H26N2O5. The minimum Gasteiger partial charge on any atom is -0.490 e. The van der Waals surface area contributed by atoms with E-state index in [9.17, 15) is 14.4 Å². The maximum Gasteiger partial charge on any atom is 0.217 e. The molecular weight excluding hydrogens is 396 g/mol. The predicted octanol–water partition coefficient (Wildman–Crippen LogP) is 3.05. The first kappa shape index (κ1) is 22.2. The van der Waals surface area contributed by atoms with Crippen LogP contribution in [0.2, 0.25) is 0 Å². The van der Waals surface area contributed by atoms with Crippen LogP contribution in [0.15, 0.2) is 47.5 Å². The van der Waals surface area contributed by atoms with E-state index in [1.165, 1.54) is 6.92 Å². The average molecular weight is 422 g/mol. The molecule has 1 aliphatic rings. The van der Waals surface area contributed by atoms with Gasteiger partial charge in [-0.15, -0.1) is 0 Å². The maximum atomic E-state index is 13.0. The van der Waals surface area contributed by atoms with Gasteiger partial charge in [-0.2, -0.15) is 0 Å². The standard InChI is InChI=1S/C24H26N2O5/c1-4-30-19-11-10-16(14-20(19)31-5-2)12-13-25-21-22(26-15(3)27)24(29)18-9-7-6-8-17(18)23(21)28/h6-11,14,22H,4-5,12-13H2,1-3H3,(H,26,27). The highest BCUT2D eigenvalue weighted by Crippen LogP contribution is 2.29. The third-order valence-corrected chi connectivity index (χ3v) is 4.84. The topological polar surface area (TPSA) is 94.1 Å². The van der Waals surface area contributed by atoms with Gasteiger partial charge in [0.05, 0.1) is 13.2 Å². The van der Waals surface area contributed by atoms with Crippen LogP contribution in [-0.4, -0.2) is 49.0 Å². The van der Waals surface area contributed by atoms with Gasteiger partial charge in [-0.1, -0.05) is 30.3 Å². The van der Waals surface area contributed by atoms with Gasteiger partial charge in [0.1, 0.15) is 11.8 Å². The van der Waals surface area contributed by atoms with Crippen molar-refractivity contribution < 1.29 is 23.9 Å². The molecule has 1 atom stereocenters. The van der Waals surface area contributed by atoms with E-state index in [2.05, 4.69) is 10.3 Å². The number of Topliss-reactive ketones (excluding diaryl/α,β-unsaturated/α-hetero) is 2. The molecule has 0 saturated heterocycles. The third kappa shape index (κ3) is 4.99. The van der Waals surface area contributed by atoms with Crippen molar-refractivity contribution in [2.24, 2.45) is 4.99 Å². The van der Waals surface area contributed by atoms with Gasteiger partial charge in [0.25, 0.3) is 0 Å². The van der Waals surface area contributed by atoms with Crippen molar-refractivity contribution in [2.75, 3.05) is 19.8 Å². The van der Waals surface area contributed by atoms with Gasteiger partial charge >= 0.3 is 0 Å². The van der Waals surface area contributed by atoms with E-state index in [1.54, 1.807) is 24.3 Å². The van der Waals surface area contributed by atoms with E-state index in [0.29, 0.717) is 42.3 Å². The van der Waals surface area contributed by atoms with E-state index in [-0.39, 0.29) is 23.8 Å². The van der Waals surface area contributed by atoms with Crippen molar-refractivity contribution >= 4 is 23.2 Å². The van der Waals surface area contributed by atoms with Crippen molar-refractivity contribution in [3.8, 4) is 11.5 Å². The smallest absolute Gasteiger partial charge is 0.217 e. The Kier molecular flexibility index (Phi) is 7.18. The zero-order valence-corrected chi connectivity index (χ0v) is 17.9. The molecule has 1 N–H and O–H groups in total. The number of fused-ring (bicyclic) bond motifs is 1. The number of hydrogen-bond donors (Lipinski definition) is 1. The third-order valence-electron chi connectivity index (χ3n) is 4.84. The van der Waals surface area contributed by atoms with Crippen molar-refractivity contribution in [3.05, 3.63) is 59.2 Å². The van der Waals surface area contributed by atoms with E-state index >= 15 is 0 Å². The first-order valence-corrected chi connectivity index (χ1v) is 10.3. The zero-order valence-electron chi connectivity index (χ0n) is 17.9. The Morgan fingerprint density at radius 1 is 1.00 bits per heavy atom. The molecule has 0 saturated carbocycles. The summed E-state index contributed by atoms with van der Waals surface area (Å²) in [6.45, 7) is 6.46. The van der Waals surface area contributed by atoms with Gasteiger partial charge in [0, 0.05) is 24.6 Å². The Balaban J connectivity index is 1.84. The van der Waals surface area contributed by atoms with E-state index in [4.69, 9.17) is 9.47 Å². The molecule has 7 heteroatoms. The van der Waals surface area contributed by atoms with Crippen LogP contribution in [0.5, 0.6) is 11.5 Å². The Labute approximate surface area is 181 Å². The summed E-state index contributed by atoms with van der Waals surface area (Å²) < 4.78 is 11.2. The van der Waals surface area contributed by atoms with Crippen LogP contribution in [-0.2, 0) is 11.2 Å². The lowest BCUT2D eigenvalue weighted by Crippen LogP contribution is -2.52. The lowest BCUT2D eigenvalue weighted by molar-refractivity contribution is -0.119. The van der Waals surface area contributed by atoms with Gasteiger partial charge in [0.2, 0.25) is 11.7 Å². The molecule has 162 valence electrons. The van der Waals surface area contributed by atoms with Crippen LogP contribution in [0.1, 0.15) is 47.1 Å². The molecule has 0 aromatic heterocycles. The molecule has 0 bridgehead atoms. The van der Waals surface area contributed by atoms with Crippen molar-refractivity contribution in [1.29, 1.82) is 0 Å². The number of benzene rings is 2. The maximum absolute atomic E-state index is 13.0. The molecule has 3 rings (SSSR count). The van der Waals surface area contributed by atoms with Crippen molar-refractivity contribution in [1.82, 2.24) is 5.32 Å². The quantitative estimate of drug-likeness (QED) is 0.706. The van der Waals surface area contributed by atoms with E-state index in [0.717, 1.165) is 5.56 Å². The molecule has 0 spiro atoms. The molecule has 2 aromatic rings. The number of rotatable bonds is 8. The Hall–Kier alpha value is -3.48. The second-order valence-electron chi connectivity index (χ2n) is 7.04. The van der Waals surface area contributed by atoms with Crippen LogP contribution < -0.4 is 14.8 Å². The van der Waals surface area contributed by atoms with Crippen LogP contribution >= 0.6 is 0 Å².